The van der Waals surface area contributed by atoms with Crippen LogP contribution in [0.25, 0.3) is 0 Å². The number of unbranched alkanes of at least 4 members (excludes halogenated alkanes) is 5. The predicted molar refractivity (Wildman–Crippen MR) is 198 cm³/mol. The van der Waals surface area contributed by atoms with Gasteiger partial charge in [0.25, 0.3) is 5.91 Å². The first-order valence-electron chi connectivity index (χ1n) is 17.8. The van der Waals surface area contributed by atoms with Gasteiger partial charge in [0.05, 0.1) is 26.4 Å². The van der Waals surface area contributed by atoms with E-state index in [4.69, 9.17) is 9.47 Å². The smallest absolute Gasteiger partial charge is 0.251 e. The zero-order valence-electron chi connectivity index (χ0n) is 28.9. The molecule has 49 heavy (non-hydrogen) atoms. The molecule has 4 rings (SSSR count). The number of hydrogen-bond donors (Lipinski definition) is 4. The largest absolute Gasteiger partial charge is 0.377 e. The predicted octanol–water partition coefficient (Wildman–Crippen LogP) is 7.15. The van der Waals surface area contributed by atoms with Crippen LogP contribution < -0.4 is 21.3 Å². The Balaban J connectivity index is 1.21. The fourth-order valence-corrected chi connectivity index (χ4v) is 5.43. The third kappa shape index (κ3) is 14.6. The van der Waals surface area contributed by atoms with Crippen LogP contribution in [0.2, 0.25) is 0 Å². The Hall–Kier alpha value is -4.54. The molecular weight excluding hydrogens is 614 g/mol. The van der Waals surface area contributed by atoms with Gasteiger partial charge >= 0.3 is 0 Å². The highest BCUT2D eigenvalue weighted by Crippen LogP contribution is 2.27. The first-order chi connectivity index (χ1) is 24.2. The minimum absolute atomic E-state index is 0.104. The molecule has 0 aliphatic rings. The number of amides is 1. The first kappa shape index (κ1) is 37.3. The van der Waals surface area contributed by atoms with E-state index in [0.29, 0.717) is 69.5 Å². The molecule has 10 heteroatoms. The second kappa shape index (κ2) is 22.9. The highest BCUT2D eigenvalue weighted by molar-refractivity contribution is 5.94. The lowest BCUT2D eigenvalue weighted by molar-refractivity contribution is 0.0519. The monoisotopic (exact) mass is 667 g/mol. The van der Waals surface area contributed by atoms with Crippen molar-refractivity contribution in [2.45, 2.75) is 57.8 Å². The summed E-state index contributed by atoms with van der Waals surface area (Å²) in [6, 6.07) is 30.4. The first-order valence-corrected chi connectivity index (χ1v) is 17.8. The zero-order valence-corrected chi connectivity index (χ0v) is 28.9. The second-order valence-corrected chi connectivity index (χ2v) is 11.9. The molecule has 0 aliphatic carbocycles. The Morgan fingerprint density at radius 3 is 1.65 bits per heavy atom. The van der Waals surface area contributed by atoms with Crippen molar-refractivity contribution in [3.63, 3.8) is 0 Å². The molecule has 0 aliphatic heterocycles. The summed E-state index contributed by atoms with van der Waals surface area (Å²) in [7, 11) is 0. The van der Waals surface area contributed by atoms with Crippen molar-refractivity contribution in [1.82, 2.24) is 20.3 Å². The maximum absolute atomic E-state index is 12.1. The summed E-state index contributed by atoms with van der Waals surface area (Å²) in [6.45, 7) is 6.53. The number of ether oxygens (including phenoxy) is 2. The van der Waals surface area contributed by atoms with Gasteiger partial charge in [-0.2, -0.15) is 15.0 Å². The standard InChI is InChI=1S/C39H53N7O3/c1-2-3-4-5-6-16-24-41-37-44-38(42-25-23-35(32-17-10-7-11-18-32)33-19-12-8-13-20-33)46-39(45-37)43-27-29-49-31-30-48-28-26-40-36(47)34-21-14-9-15-22-34/h7-15,17-22,35H,2-6,16,23-31H2,1H3,(H,40,47)(H3,41,42,43,44,45,46). The van der Waals surface area contributed by atoms with Gasteiger partial charge in [0.2, 0.25) is 17.8 Å². The minimum atomic E-state index is -0.104. The van der Waals surface area contributed by atoms with Gasteiger partial charge in [0.15, 0.2) is 0 Å². The molecule has 0 radical (unpaired) electrons. The quantitative estimate of drug-likeness (QED) is 0.0546. The molecule has 4 N–H and O–H groups in total. The van der Waals surface area contributed by atoms with Gasteiger partial charge in [-0.15, -0.1) is 0 Å². The number of nitrogens with one attached hydrogen (secondary N) is 4. The van der Waals surface area contributed by atoms with Crippen LogP contribution in [-0.2, 0) is 9.47 Å². The van der Waals surface area contributed by atoms with E-state index >= 15 is 0 Å². The number of benzene rings is 3. The van der Waals surface area contributed by atoms with Crippen LogP contribution >= 0.6 is 0 Å². The van der Waals surface area contributed by atoms with Crippen molar-refractivity contribution in [3.8, 4) is 0 Å². The molecule has 1 amide bonds. The van der Waals surface area contributed by atoms with E-state index in [-0.39, 0.29) is 11.8 Å². The Morgan fingerprint density at radius 1 is 0.571 bits per heavy atom. The van der Waals surface area contributed by atoms with Crippen LogP contribution in [0.4, 0.5) is 17.8 Å². The van der Waals surface area contributed by atoms with Crippen LogP contribution in [-0.4, -0.2) is 73.5 Å². The Kier molecular flexibility index (Phi) is 17.4. The van der Waals surface area contributed by atoms with E-state index in [1.54, 1.807) is 12.1 Å². The molecule has 0 atom stereocenters. The Bertz CT molecular complexity index is 1410. The fourth-order valence-electron chi connectivity index (χ4n) is 5.43. The van der Waals surface area contributed by atoms with Crippen molar-refractivity contribution >= 4 is 23.8 Å². The van der Waals surface area contributed by atoms with E-state index in [2.05, 4.69) is 104 Å². The van der Waals surface area contributed by atoms with Crippen molar-refractivity contribution in [1.29, 1.82) is 0 Å². The molecule has 262 valence electrons. The van der Waals surface area contributed by atoms with Gasteiger partial charge < -0.3 is 30.7 Å². The molecule has 1 heterocycles. The normalized spacial score (nSPS) is 11.0. The molecule has 3 aromatic carbocycles. The molecule has 10 nitrogen and oxygen atoms in total. The number of anilines is 3. The summed E-state index contributed by atoms with van der Waals surface area (Å²) < 4.78 is 11.3. The maximum Gasteiger partial charge on any atom is 0.251 e. The molecule has 0 saturated carbocycles. The molecule has 1 aromatic heterocycles. The number of carbonyl (C=O) groups is 1. The van der Waals surface area contributed by atoms with Gasteiger partial charge in [0.1, 0.15) is 0 Å². The lowest BCUT2D eigenvalue weighted by Crippen LogP contribution is -2.27. The van der Waals surface area contributed by atoms with Gasteiger partial charge in [-0.05, 0) is 36.1 Å². The zero-order chi connectivity index (χ0) is 34.2. The molecule has 0 saturated heterocycles. The van der Waals surface area contributed by atoms with Crippen LogP contribution in [0.3, 0.4) is 0 Å². The van der Waals surface area contributed by atoms with E-state index in [1.807, 2.05) is 18.2 Å². The average Bonchev–Trinajstić information content (AvgIpc) is 3.14. The summed E-state index contributed by atoms with van der Waals surface area (Å²) in [5.41, 5.74) is 3.21. The minimum Gasteiger partial charge on any atom is -0.377 e. The van der Waals surface area contributed by atoms with E-state index < -0.39 is 0 Å². The van der Waals surface area contributed by atoms with Crippen molar-refractivity contribution < 1.29 is 14.3 Å². The highest BCUT2D eigenvalue weighted by Gasteiger charge is 2.14. The number of aromatic nitrogens is 3. The number of hydrogen-bond acceptors (Lipinski definition) is 9. The number of nitrogens with zero attached hydrogens (tertiary/aromatic N) is 3. The maximum atomic E-state index is 12.1. The lowest BCUT2D eigenvalue weighted by atomic mass is 9.88. The van der Waals surface area contributed by atoms with Crippen molar-refractivity contribution in [2.24, 2.45) is 0 Å². The Labute approximate surface area is 291 Å². The third-order valence-corrected chi connectivity index (χ3v) is 8.04. The molecule has 0 unspecified atom stereocenters. The fraction of sp³-hybridized carbons (Fsp3) is 0.436. The van der Waals surface area contributed by atoms with Crippen LogP contribution in [0.15, 0.2) is 91.0 Å². The highest BCUT2D eigenvalue weighted by atomic mass is 16.5. The lowest BCUT2D eigenvalue weighted by Gasteiger charge is -2.19. The van der Waals surface area contributed by atoms with Crippen molar-refractivity contribution in [3.05, 3.63) is 108 Å². The molecule has 0 bridgehead atoms. The summed E-state index contributed by atoms with van der Waals surface area (Å²) in [5.74, 6) is 1.75. The molecule has 0 spiro atoms. The topological polar surface area (TPSA) is 122 Å². The van der Waals surface area contributed by atoms with E-state index in [1.165, 1.54) is 43.2 Å². The van der Waals surface area contributed by atoms with Crippen LogP contribution in [0.5, 0.6) is 0 Å². The molecule has 0 fully saturated rings. The molecule has 4 aromatic rings. The van der Waals surface area contributed by atoms with E-state index in [0.717, 1.165) is 19.4 Å². The van der Waals surface area contributed by atoms with Crippen molar-refractivity contribution in [2.75, 3.05) is 68.6 Å². The number of rotatable bonds is 25. The van der Waals surface area contributed by atoms with Crippen LogP contribution in [0.1, 0.15) is 79.3 Å². The summed E-state index contributed by atoms with van der Waals surface area (Å²) in [5, 5.41) is 13.0. The molecular formula is C39H53N7O3. The van der Waals surface area contributed by atoms with Gasteiger partial charge in [0, 0.05) is 37.7 Å². The SMILES string of the molecule is CCCCCCCCNc1nc(NCCOCCOCCNC(=O)c2ccccc2)nc(NCCC(c2ccccc2)c2ccccc2)n1. The second-order valence-electron chi connectivity index (χ2n) is 11.9. The number of carbonyl (C=O) groups excluding carboxylic acids is 1. The Morgan fingerprint density at radius 2 is 1.06 bits per heavy atom. The van der Waals surface area contributed by atoms with Gasteiger partial charge in [-0.1, -0.05) is 118 Å². The summed E-state index contributed by atoms with van der Waals surface area (Å²) >= 11 is 0. The van der Waals surface area contributed by atoms with E-state index in [9.17, 15) is 4.79 Å². The third-order valence-electron chi connectivity index (χ3n) is 8.04. The van der Waals surface area contributed by atoms with Gasteiger partial charge in [-0.3, -0.25) is 4.79 Å². The summed E-state index contributed by atoms with van der Waals surface area (Å²) in [4.78, 5) is 26.1. The van der Waals surface area contributed by atoms with Gasteiger partial charge in [-0.25, -0.2) is 0 Å². The van der Waals surface area contributed by atoms with Crippen LogP contribution in [0, 0.1) is 0 Å². The summed E-state index contributed by atoms with van der Waals surface area (Å²) in [6.07, 6.45) is 8.25. The average molecular weight is 668 g/mol.